The van der Waals surface area contributed by atoms with E-state index in [-0.39, 0.29) is 23.8 Å². The normalized spacial score (nSPS) is 19.1. The van der Waals surface area contributed by atoms with Crippen molar-refractivity contribution in [2.45, 2.75) is 11.7 Å². The maximum atomic E-state index is 13.7. The number of nitrogens with one attached hydrogen (secondary N) is 1. The van der Waals surface area contributed by atoms with Crippen LogP contribution in [0.2, 0.25) is 0 Å². The Labute approximate surface area is 155 Å². The molecule has 2 amide bonds. The number of benzene rings is 2. The molecule has 2 aliphatic rings. The minimum absolute atomic E-state index is 0.210. The summed E-state index contributed by atoms with van der Waals surface area (Å²) in [5, 5.41) is 2.95. The number of fused-ring (bicyclic) bond motifs is 1. The van der Waals surface area contributed by atoms with Gasteiger partial charge >= 0.3 is 6.03 Å². The molecule has 2 aromatic carbocycles. The molecule has 1 fully saturated rings. The maximum absolute atomic E-state index is 13.7. The zero-order valence-corrected chi connectivity index (χ0v) is 14.9. The number of carbonyl (C=O) groups excluding carboxylic acids is 1. The Kier molecular flexibility index (Phi) is 4.88. The molecule has 7 heteroatoms. The quantitative estimate of drug-likeness (QED) is 0.853. The van der Waals surface area contributed by atoms with E-state index in [1.165, 1.54) is 11.6 Å². The molecule has 0 radical (unpaired) electrons. The van der Waals surface area contributed by atoms with E-state index in [0.29, 0.717) is 13.1 Å². The molecule has 1 saturated heterocycles. The Bertz CT molecular complexity index is 817. The van der Waals surface area contributed by atoms with Crippen LogP contribution >= 0.6 is 11.8 Å². The standard InChI is InChI=1S/C19H19FN2O3S/c20-14-3-1-2-4-15(14)21-19(23)22-8-7-18(26-10-9-22)13-5-6-16-17(11-13)25-12-24-16/h1-6,11,18H,7-10,12H2,(H,21,23). The minimum atomic E-state index is -0.428. The number of rotatable bonds is 2. The molecule has 26 heavy (non-hydrogen) atoms. The third-order valence-electron chi connectivity index (χ3n) is 4.51. The Balaban J connectivity index is 1.40. The van der Waals surface area contributed by atoms with Crippen molar-refractivity contribution in [3.8, 4) is 11.5 Å². The highest BCUT2D eigenvalue weighted by atomic mass is 32.2. The molecule has 1 atom stereocenters. The molecule has 0 aliphatic carbocycles. The smallest absolute Gasteiger partial charge is 0.321 e. The fourth-order valence-electron chi connectivity index (χ4n) is 3.11. The first kappa shape index (κ1) is 17.0. The third-order valence-corrected chi connectivity index (χ3v) is 5.84. The first-order valence-electron chi connectivity index (χ1n) is 8.52. The molecule has 0 bridgehead atoms. The van der Waals surface area contributed by atoms with Gasteiger partial charge in [-0.15, -0.1) is 0 Å². The van der Waals surface area contributed by atoms with Gasteiger partial charge in [-0.2, -0.15) is 11.8 Å². The van der Waals surface area contributed by atoms with Crippen molar-refractivity contribution in [1.29, 1.82) is 0 Å². The van der Waals surface area contributed by atoms with Crippen LogP contribution in [-0.2, 0) is 0 Å². The summed E-state index contributed by atoms with van der Waals surface area (Å²) in [5.74, 6) is 1.95. The van der Waals surface area contributed by atoms with Crippen molar-refractivity contribution in [3.05, 3.63) is 53.8 Å². The van der Waals surface area contributed by atoms with Gasteiger partial charge in [0.15, 0.2) is 11.5 Å². The number of nitrogens with zero attached hydrogens (tertiary/aromatic N) is 1. The molecule has 5 nitrogen and oxygen atoms in total. The monoisotopic (exact) mass is 374 g/mol. The van der Waals surface area contributed by atoms with Gasteiger partial charge in [-0.05, 0) is 36.2 Å². The predicted octanol–water partition coefficient (Wildman–Crippen LogP) is 4.27. The van der Waals surface area contributed by atoms with Gasteiger partial charge in [0.25, 0.3) is 0 Å². The van der Waals surface area contributed by atoms with Crippen molar-refractivity contribution in [1.82, 2.24) is 4.90 Å². The van der Waals surface area contributed by atoms with E-state index in [1.54, 1.807) is 23.1 Å². The predicted molar refractivity (Wildman–Crippen MR) is 99.4 cm³/mol. The average Bonchev–Trinajstić information content (AvgIpc) is 2.98. The molecule has 0 spiro atoms. The lowest BCUT2D eigenvalue weighted by Gasteiger charge is -2.21. The molecule has 2 aliphatic heterocycles. The molecular formula is C19H19FN2O3S. The van der Waals surface area contributed by atoms with Crippen molar-refractivity contribution < 1.29 is 18.7 Å². The number of halogens is 1. The van der Waals surface area contributed by atoms with Crippen LogP contribution in [0.1, 0.15) is 17.2 Å². The van der Waals surface area contributed by atoms with Crippen LogP contribution < -0.4 is 14.8 Å². The first-order valence-corrected chi connectivity index (χ1v) is 9.57. The Morgan fingerprint density at radius 3 is 2.88 bits per heavy atom. The van der Waals surface area contributed by atoms with Gasteiger partial charge in [0.2, 0.25) is 6.79 Å². The summed E-state index contributed by atoms with van der Waals surface area (Å²) < 4.78 is 24.5. The lowest BCUT2D eigenvalue weighted by Crippen LogP contribution is -2.36. The number of hydrogen-bond donors (Lipinski definition) is 1. The largest absolute Gasteiger partial charge is 0.454 e. The van der Waals surface area contributed by atoms with Crippen molar-refractivity contribution in [2.24, 2.45) is 0 Å². The molecule has 0 aromatic heterocycles. The number of anilines is 1. The van der Waals surface area contributed by atoms with E-state index in [0.717, 1.165) is 23.7 Å². The molecule has 1 N–H and O–H groups in total. The van der Waals surface area contributed by atoms with Crippen LogP contribution in [0, 0.1) is 5.82 Å². The SMILES string of the molecule is O=C(Nc1ccccc1F)N1CCSC(c2ccc3c(c2)OCO3)CC1. The van der Waals surface area contributed by atoms with Gasteiger partial charge in [0.05, 0.1) is 5.69 Å². The molecule has 4 rings (SSSR count). The van der Waals surface area contributed by atoms with E-state index in [1.807, 2.05) is 23.9 Å². The minimum Gasteiger partial charge on any atom is -0.454 e. The summed E-state index contributed by atoms with van der Waals surface area (Å²) in [6.45, 7) is 1.51. The number of urea groups is 1. The van der Waals surface area contributed by atoms with Crippen LogP contribution in [0.3, 0.4) is 0 Å². The van der Waals surface area contributed by atoms with Crippen LogP contribution in [0.4, 0.5) is 14.9 Å². The Morgan fingerprint density at radius 2 is 2.00 bits per heavy atom. The highest BCUT2D eigenvalue weighted by molar-refractivity contribution is 7.99. The van der Waals surface area contributed by atoms with E-state index in [4.69, 9.17) is 9.47 Å². The number of ether oxygens (including phenoxy) is 2. The highest BCUT2D eigenvalue weighted by Gasteiger charge is 2.24. The van der Waals surface area contributed by atoms with Crippen LogP contribution in [0.5, 0.6) is 11.5 Å². The van der Waals surface area contributed by atoms with Gasteiger partial charge in [0, 0.05) is 24.1 Å². The second kappa shape index (κ2) is 7.45. The summed E-state index contributed by atoms with van der Waals surface area (Å²) in [6.07, 6.45) is 0.828. The van der Waals surface area contributed by atoms with Gasteiger partial charge in [0.1, 0.15) is 5.82 Å². The summed E-state index contributed by atoms with van der Waals surface area (Å²) in [6, 6.07) is 12.0. The first-order chi connectivity index (χ1) is 12.7. The number of hydrogen-bond acceptors (Lipinski definition) is 4. The van der Waals surface area contributed by atoms with Crippen LogP contribution in [-0.4, -0.2) is 36.6 Å². The lowest BCUT2D eigenvalue weighted by atomic mass is 10.1. The number of para-hydroxylation sites is 1. The summed E-state index contributed by atoms with van der Waals surface area (Å²) >= 11 is 1.82. The molecule has 1 unspecified atom stereocenters. The van der Waals surface area contributed by atoms with Gasteiger partial charge in [-0.1, -0.05) is 18.2 Å². The summed E-state index contributed by atoms with van der Waals surface area (Å²) in [5.41, 5.74) is 1.39. The average molecular weight is 374 g/mol. The fourth-order valence-corrected chi connectivity index (χ4v) is 4.33. The molecule has 2 aromatic rings. The van der Waals surface area contributed by atoms with Crippen molar-refractivity contribution in [2.75, 3.05) is 31.0 Å². The third kappa shape index (κ3) is 3.58. The van der Waals surface area contributed by atoms with E-state index < -0.39 is 5.82 Å². The number of carbonyl (C=O) groups is 1. The second-order valence-corrected chi connectivity index (χ2v) is 7.47. The Hall–Kier alpha value is -2.41. The number of amides is 2. The zero-order valence-electron chi connectivity index (χ0n) is 14.1. The van der Waals surface area contributed by atoms with Gasteiger partial charge in [-0.3, -0.25) is 0 Å². The van der Waals surface area contributed by atoms with Gasteiger partial charge < -0.3 is 19.7 Å². The molecular weight excluding hydrogens is 355 g/mol. The maximum Gasteiger partial charge on any atom is 0.321 e. The van der Waals surface area contributed by atoms with Crippen LogP contribution in [0.15, 0.2) is 42.5 Å². The lowest BCUT2D eigenvalue weighted by molar-refractivity contribution is 0.174. The fraction of sp³-hybridized carbons (Fsp3) is 0.316. The second-order valence-electron chi connectivity index (χ2n) is 6.16. The van der Waals surface area contributed by atoms with E-state index >= 15 is 0 Å². The van der Waals surface area contributed by atoms with Crippen LogP contribution in [0.25, 0.3) is 0 Å². The number of thioether (sulfide) groups is 1. The summed E-state index contributed by atoms with van der Waals surface area (Å²) in [7, 11) is 0. The van der Waals surface area contributed by atoms with E-state index in [9.17, 15) is 9.18 Å². The Morgan fingerprint density at radius 1 is 1.15 bits per heavy atom. The van der Waals surface area contributed by atoms with Gasteiger partial charge in [-0.25, -0.2) is 9.18 Å². The summed E-state index contributed by atoms with van der Waals surface area (Å²) in [4.78, 5) is 14.2. The van der Waals surface area contributed by atoms with Crippen molar-refractivity contribution >= 4 is 23.5 Å². The molecule has 136 valence electrons. The zero-order chi connectivity index (χ0) is 17.9. The molecule has 2 heterocycles. The topological polar surface area (TPSA) is 50.8 Å². The van der Waals surface area contributed by atoms with E-state index in [2.05, 4.69) is 11.4 Å². The molecule has 0 saturated carbocycles. The highest BCUT2D eigenvalue weighted by Crippen LogP contribution is 2.40. The van der Waals surface area contributed by atoms with Crippen molar-refractivity contribution in [3.63, 3.8) is 0 Å².